The molecule has 1 amide bonds. The highest BCUT2D eigenvalue weighted by Gasteiger charge is 2.30. The number of nitrogens with two attached hydrogens (primary N) is 1. The first kappa shape index (κ1) is 14.8. The zero-order valence-corrected chi connectivity index (χ0v) is 10.4. The van der Waals surface area contributed by atoms with E-state index in [2.05, 4.69) is 10.3 Å². The summed E-state index contributed by atoms with van der Waals surface area (Å²) in [6, 6.07) is 5.22. The van der Waals surface area contributed by atoms with Gasteiger partial charge in [-0.05, 0) is 30.3 Å². The molecule has 0 radical (unpaired) electrons. The van der Waals surface area contributed by atoms with Crippen molar-refractivity contribution in [3.8, 4) is 0 Å². The molecule has 0 atom stereocenters. The summed E-state index contributed by atoms with van der Waals surface area (Å²) in [5.41, 5.74) is 4.23. The molecule has 0 aliphatic rings. The lowest BCUT2D eigenvalue weighted by atomic mass is 10.2. The Bertz CT molecular complexity index is 668. The largest absolute Gasteiger partial charge is 0.417 e. The molecule has 4 nitrogen and oxygen atoms in total. The van der Waals surface area contributed by atoms with Crippen molar-refractivity contribution in [2.45, 2.75) is 6.18 Å². The van der Waals surface area contributed by atoms with Crippen molar-refractivity contribution in [1.82, 2.24) is 4.98 Å². The van der Waals surface area contributed by atoms with Crippen LogP contribution < -0.4 is 11.1 Å². The predicted molar refractivity (Wildman–Crippen MR) is 68.0 cm³/mol. The van der Waals surface area contributed by atoms with Crippen LogP contribution in [0.2, 0.25) is 0 Å². The van der Waals surface area contributed by atoms with Gasteiger partial charge in [0, 0.05) is 11.9 Å². The fraction of sp³-hybridized carbons (Fsp3) is 0.0769. The van der Waals surface area contributed by atoms with Crippen LogP contribution in [0.1, 0.15) is 16.1 Å². The summed E-state index contributed by atoms with van der Waals surface area (Å²) in [7, 11) is 0. The second kappa shape index (κ2) is 5.39. The first-order valence-corrected chi connectivity index (χ1v) is 5.67. The number of alkyl halides is 3. The number of amides is 1. The molecule has 0 aliphatic heterocycles. The van der Waals surface area contributed by atoms with Crippen LogP contribution in [0.15, 0.2) is 36.5 Å². The third-order valence-electron chi connectivity index (χ3n) is 2.58. The SMILES string of the molecule is Nc1cc(NC(=O)c2ccc(C(F)(F)F)cn2)ccc1F. The monoisotopic (exact) mass is 299 g/mol. The molecule has 3 N–H and O–H groups in total. The van der Waals surface area contributed by atoms with E-state index in [0.717, 1.165) is 18.2 Å². The van der Waals surface area contributed by atoms with Gasteiger partial charge in [0.1, 0.15) is 11.5 Å². The van der Waals surface area contributed by atoms with E-state index in [1.807, 2.05) is 0 Å². The van der Waals surface area contributed by atoms with Crippen LogP contribution in [0.3, 0.4) is 0 Å². The highest BCUT2D eigenvalue weighted by Crippen LogP contribution is 2.28. The molecular formula is C13H9F4N3O. The van der Waals surface area contributed by atoms with Crippen molar-refractivity contribution in [1.29, 1.82) is 0 Å². The van der Waals surface area contributed by atoms with E-state index in [9.17, 15) is 22.4 Å². The minimum absolute atomic E-state index is 0.159. The second-order valence-electron chi connectivity index (χ2n) is 4.12. The molecule has 1 heterocycles. The summed E-state index contributed by atoms with van der Waals surface area (Å²) in [6.07, 6.45) is -3.96. The molecule has 2 aromatic rings. The molecule has 110 valence electrons. The van der Waals surface area contributed by atoms with Gasteiger partial charge in [0.15, 0.2) is 0 Å². The Hall–Kier alpha value is -2.64. The normalized spacial score (nSPS) is 11.2. The van der Waals surface area contributed by atoms with E-state index in [4.69, 9.17) is 5.73 Å². The van der Waals surface area contributed by atoms with Crippen molar-refractivity contribution >= 4 is 17.3 Å². The fourth-order valence-electron chi connectivity index (χ4n) is 1.51. The van der Waals surface area contributed by atoms with Crippen molar-refractivity contribution in [3.05, 3.63) is 53.6 Å². The Kier molecular flexibility index (Phi) is 3.79. The molecule has 1 aromatic carbocycles. The van der Waals surface area contributed by atoms with E-state index >= 15 is 0 Å². The van der Waals surface area contributed by atoms with Gasteiger partial charge in [-0.3, -0.25) is 9.78 Å². The number of nitrogens with one attached hydrogen (secondary N) is 1. The Morgan fingerprint density at radius 1 is 1.19 bits per heavy atom. The van der Waals surface area contributed by atoms with Crippen molar-refractivity contribution in [3.63, 3.8) is 0 Å². The minimum Gasteiger partial charge on any atom is -0.396 e. The lowest BCUT2D eigenvalue weighted by molar-refractivity contribution is -0.137. The number of halogens is 4. The van der Waals surface area contributed by atoms with Crippen LogP contribution in [-0.2, 0) is 6.18 Å². The summed E-state index contributed by atoms with van der Waals surface area (Å²) in [4.78, 5) is 15.2. The molecule has 0 saturated carbocycles. The first-order valence-electron chi connectivity index (χ1n) is 5.67. The zero-order chi connectivity index (χ0) is 15.6. The number of carbonyl (C=O) groups excluding carboxylic acids is 1. The minimum atomic E-state index is -4.52. The highest BCUT2D eigenvalue weighted by atomic mass is 19.4. The quantitative estimate of drug-likeness (QED) is 0.661. The maximum absolute atomic E-state index is 13.0. The number of nitrogen functional groups attached to an aromatic ring is 1. The van der Waals surface area contributed by atoms with E-state index in [1.54, 1.807) is 0 Å². The molecule has 2 rings (SSSR count). The first-order chi connectivity index (χ1) is 9.77. The van der Waals surface area contributed by atoms with Crippen LogP contribution >= 0.6 is 0 Å². The van der Waals surface area contributed by atoms with E-state index in [1.165, 1.54) is 12.1 Å². The third kappa shape index (κ3) is 3.47. The number of rotatable bonds is 2. The number of anilines is 2. The van der Waals surface area contributed by atoms with Gasteiger partial charge in [-0.25, -0.2) is 4.39 Å². The molecule has 0 saturated heterocycles. The lowest BCUT2D eigenvalue weighted by Gasteiger charge is -2.08. The number of hydrogen-bond donors (Lipinski definition) is 2. The average molecular weight is 299 g/mol. The van der Waals surface area contributed by atoms with Gasteiger partial charge in [0.25, 0.3) is 5.91 Å². The predicted octanol–water partition coefficient (Wildman–Crippen LogP) is 3.07. The van der Waals surface area contributed by atoms with Gasteiger partial charge in [-0.15, -0.1) is 0 Å². The van der Waals surface area contributed by atoms with Crippen molar-refractivity contribution in [2.75, 3.05) is 11.1 Å². The summed E-state index contributed by atoms with van der Waals surface area (Å²) in [5.74, 6) is -1.37. The Balaban J connectivity index is 2.15. The molecule has 0 unspecified atom stereocenters. The van der Waals surface area contributed by atoms with E-state index in [0.29, 0.717) is 6.20 Å². The van der Waals surface area contributed by atoms with Crippen LogP contribution in [0.4, 0.5) is 28.9 Å². The molecular weight excluding hydrogens is 290 g/mol. The van der Waals surface area contributed by atoms with E-state index in [-0.39, 0.29) is 17.1 Å². The Labute approximate surface area is 116 Å². The number of carbonyl (C=O) groups is 1. The standard InChI is InChI=1S/C13H9F4N3O/c14-9-3-2-8(5-10(9)18)20-12(21)11-4-1-7(6-19-11)13(15,16)17/h1-6H,18H2,(H,20,21). The number of aromatic nitrogens is 1. The van der Waals surface area contributed by atoms with Crippen molar-refractivity contribution < 1.29 is 22.4 Å². The average Bonchev–Trinajstić information content (AvgIpc) is 2.42. The lowest BCUT2D eigenvalue weighted by Crippen LogP contribution is -2.15. The topological polar surface area (TPSA) is 68.0 Å². The summed E-state index contributed by atoms with van der Waals surface area (Å²) in [5, 5.41) is 2.36. The molecule has 0 aliphatic carbocycles. The van der Waals surface area contributed by atoms with Crippen LogP contribution in [0, 0.1) is 5.82 Å². The fourth-order valence-corrected chi connectivity index (χ4v) is 1.51. The summed E-state index contributed by atoms with van der Waals surface area (Å²) >= 11 is 0. The third-order valence-corrected chi connectivity index (χ3v) is 2.58. The number of nitrogens with zero attached hydrogens (tertiary/aromatic N) is 1. The molecule has 0 bridgehead atoms. The summed E-state index contributed by atoms with van der Waals surface area (Å²) in [6.45, 7) is 0. The maximum atomic E-state index is 13.0. The molecule has 0 spiro atoms. The van der Waals surface area contributed by atoms with Crippen LogP contribution in [0.25, 0.3) is 0 Å². The summed E-state index contributed by atoms with van der Waals surface area (Å²) < 4.78 is 50.0. The smallest absolute Gasteiger partial charge is 0.396 e. The maximum Gasteiger partial charge on any atom is 0.417 e. The number of benzene rings is 1. The number of pyridine rings is 1. The van der Waals surface area contributed by atoms with Crippen molar-refractivity contribution in [2.24, 2.45) is 0 Å². The molecule has 0 fully saturated rings. The van der Waals surface area contributed by atoms with E-state index < -0.39 is 23.5 Å². The second-order valence-corrected chi connectivity index (χ2v) is 4.12. The van der Waals surface area contributed by atoms with Gasteiger partial charge in [-0.1, -0.05) is 0 Å². The number of hydrogen-bond acceptors (Lipinski definition) is 3. The van der Waals surface area contributed by atoms with Gasteiger partial charge < -0.3 is 11.1 Å². The molecule has 1 aromatic heterocycles. The Morgan fingerprint density at radius 3 is 2.43 bits per heavy atom. The zero-order valence-electron chi connectivity index (χ0n) is 10.4. The van der Waals surface area contributed by atoms with Crippen LogP contribution in [0.5, 0.6) is 0 Å². The van der Waals surface area contributed by atoms with Gasteiger partial charge in [0.2, 0.25) is 0 Å². The molecule has 8 heteroatoms. The highest BCUT2D eigenvalue weighted by molar-refractivity contribution is 6.03. The van der Waals surface area contributed by atoms with Gasteiger partial charge in [-0.2, -0.15) is 13.2 Å². The van der Waals surface area contributed by atoms with Crippen LogP contribution in [-0.4, -0.2) is 10.9 Å². The van der Waals surface area contributed by atoms with Gasteiger partial charge in [0.05, 0.1) is 11.3 Å². The molecule has 21 heavy (non-hydrogen) atoms. The Morgan fingerprint density at radius 2 is 1.90 bits per heavy atom. The van der Waals surface area contributed by atoms with Gasteiger partial charge >= 0.3 is 6.18 Å².